The zero-order valence-electron chi connectivity index (χ0n) is 15.2. The van der Waals surface area contributed by atoms with Crippen molar-refractivity contribution < 1.29 is 9.59 Å². The van der Waals surface area contributed by atoms with Crippen molar-refractivity contribution in [3.63, 3.8) is 0 Å². The number of amides is 2. The van der Waals surface area contributed by atoms with E-state index in [9.17, 15) is 9.59 Å². The maximum Gasteiger partial charge on any atom is 0.241 e. The third-order valence-corrected chi connectivity index (χ3v) is 4.84. The maximum absolute atomic E-state index is 12.5. The third-order valence-electron chi connectivity index (χ3n) is 4.40. The van der Waals surface area contributed by atoms with Crippen LogP contribution in [0, 0.1) is 0 Å². The van der Waals surface area contributed by atoms with Crippen molar-refractivity contribution in [3.05, 3.63) is 28.2 Å². The van der Waals surface area contributed by atoms with Crippen molar-refractivity contribution in [2.75, 3.05) is 44.6 Å². The molecule has 1 heterocycles. The fourth-order valence-corrected chi connectivity index (χ4v) is 3.40. The fourth-order valence-electron chi connectivity index (χ4n) is 2.87. The average molecular weight is 401 g/mol. The molecule has 1 aliphatic heterocycles. The Kier molecular flexibility index (Phi) is 8.15. The highest BCUT2D eigenvalue weighted by molar-refractivity contribution is 6.35. The highest BCUT2D eigenvalue weighted by Gasteiger charge is 2.26. The molecule has 1 saturated heterocycles. The molecule has 0 unspecified atom stereocenters. The molecule has 0 aromatic heterocycles. The van der Waals surface area contributed by atoms with Gasteiger partial charge in [-0.1, -0.05) is 30.1 Å². The van der Waals surface area contributed by atoms with E-state index < -0.39 is 0 Å². The summed E-state index contributed by atoms with van der Waals surface area (Å²) in [5.41, 5.74) is 0.589. The quantitative estimate of drug-likeness (QED) is 0.737. The van der Waals surface area contributed by atoms with Crippen LogP contribution in [0.3, 0.4) is 0 Å². The van der Waals surface area contributed by atoms with Gasteiger partial charge in [-0.3, -0.25) is 19.4 Å². The summed E-state index contributed by atoms with van der Waals surface area (Å²) in [6, 6.07) is 4.69. The number of hydrogen-bond acceptors (Lipinski definition) is 4. The molecule has 0 aliphatic carbocycles. The van der Waals surface area contributed by atoms with Crippen molar-refractivity contribution in [2.24, 2.45) is 0 Å². The third kappa shape index (κ3) is 6.43. The number of nitrogens with one attached hydrogen (secondary N) is 2. The molecule has 1 aromatic rings. The van der Waals surface area contributed by atoms with Crippen LogP contribution in [0.25, 0.3) is 0 Å². The molecule has 0 bridgehead atoms. The number of benzene rings is 1. The summed E-state index contributed by atoms with van der Waals surface area (Å²) in [4.78, 5) is 28.5. The highest BCUT2D eigenvalue weighted by atomic mass is 35.5. The minimum Gasteiger partial charge on any atom is -0.355 e. The van der Waals surface area contributed by atoms with Gasteiger partial charge in [0.2, 0.25) is 11.8 Å². The van der Waals surface area contributed by atoms with Crippen molar-refractivity contribution in [1.82, 2.24) is 15.1 Å². The van der Waals surface area contributed by atoms with Crippen LogP contribution in [0.2, 0.25) is 10.0 Å². The molecule has 1 aliphatic rings. The number of carbonyl (C=O) groups excluding carboxylic acids is 2. The van der Waals surface area contributed by atoms with E-state index in [0.717, 1.165) is 32.6 Å². The number of nitrogens with zero attached hydrogens (tertiary/aromatic N) is 2. The molecular weight excluding hydrogens is 375 g/mol. The summed E-state index contributed by atoms with van der Waals surface area (Å²) >= 11 is 11.9. The van der Waals surface area contributed by atoms with E-state index >= 15 is 0 Å². The summed E-state index contributed by atoms with van der Waals surface area (Å²) in [6.07, 6.45) is 0.935. The first-order valence-corrected chi connectivity index (χ1v) is 9.64. The minimum atomic E-state index is -0.274. The van der Waals surface area contributed by atoms with E-state index in [1.807, 2.05) is 13.8 Å². The molecule has 2 amide bonds. The Hall–Kier alpha value is -1.34. The van der Waals surface area contributed by atoms with Crippen LogP contribution in [0.4, 0.5) is 5.69 Å². The molecule has 144 valence electrons. The smallest absolute Gasteiger partial charge is 0.241 e. The number of anilines is 1. The lowest BCUT2D eigenvalue weighted by atomic mass is 10.2. The Morgan fingerprint density at radius 3 is 2.31 bits per heavy atom. The monoisotopic (exact) mass is 400 g/mol. The highest BCUT2D eigenvalue weighted by Crippen LogP contribution is 2.22. The van der Waals surface area contributed by atoms with Gasteiger partial charge in [-0.15, -0.1) is 0 Å². The number of piperazine rings is 1. The topological polar surface area (TPSA) is 64.7 Å². The van der Waals surface area contributed by atoms with Crippen LogP contribution in [0.15, 0.2) is 18.2 Å². The molecule has 1 fully saturated rings. The van der Waals surface area contributed by atoms with Crippen LogP contribution in [-0.2, 0) is 9.59 Å². The van der Waals surface area contributed by atoms with Gasteiger partial charge in [-0.25, -0.2) is 0 Å². The van der Waals surface area contributed by atoms with Gasteiger partial charge in [0, 0.05) is 48.5 Å². The van der Waals surface area contributed by atoms with Crippen molar-refractivity contribution in [2.45, 2.75) is 26.3 Å². The van der Waals surface area contributed by atoms with E-state index in [1.165, 1.54) is 0 Å². The Morgan fingerprint density at radius 1 is 1.12 bits per heavy atom. The zero-order chi connectivity index (χ0) is 19.1. The predicted octanol–water partition coefficient (Wildman–Crippen LogP) is 2.46. The Labute approximate surface area is 164 Å². The van der Waals surface area contributed by atoms with E-state index in [1.54, 1.807) is 18.2 Å². The van der Waals surface area contributed by atoms with Gasteiger partial charge in [0.05, 0.1) is 12.6 Å². The van der Waals surface area contributed by atoms with Gasteiger partial charge in [-0.05, 0) is 31.5 Å². The number of halogens is 2. The summed E-state index contributed by atoms with van der Waals surface area (Å²) in [5, 5.41) is 6.71. The summed E-state index contributed by atoms with van der Waals surface area (Å²) in [7, 11) is 0. The SMILES string of the molecule is CCCNC(=O)CN1CCN([C@H](C)C(=O)Nc2cc(Cl)cc(Cl)c2)CC1. The van der Waals surface area contributed by atoms with Gasteiger partial charge >= 0.3 is 0 Å². The molecule has 1 atom stereocenters. The predicted molar refractivity (Wildman–Crippen MR) is 106 cm³/mol. The minimum absolute atomic E-state index is 0.0592. The van der Waals surface area contributed by atoms with E-state index in [2.05, 4.69) is 20.4 Å². The van der Waals surface area contributed by atoms with Crippen LogP contribution < -0.4 is 10.6 Å². The van der Waals surface area contributed by atoms with Crippen molar-refractivity contribution in [1.29, 1.82) is 0 Å². The average Bonchev–Trinajstić information content (AvgIpc) is 2.59. The summed E-state index contributed by atoms with van der Waals surface area (Å²) in [6.45, 7) is 8.05. The summed E-state index contributed by atoms with van der Waals surface area (Å²) in [5.74, 6) is -0.0404. The lowest BCUT2D eigenvalue weighted by Gasteiger charge is -2.37. The van der Waals surface area contributed by atoms with Crippen LogP contribution in [-0.4, -0.2) is 66.9 Å². The summed E-state index contributed by atoms with van der Waals surface area (Å²) < 4.78 is 0. The molecule has 6 nitrogen and oxygen atoms in total. The van der Waals surface area contributed by atoms with E-state index in [-0.39, 0.29) is 17.9 Å². The van der Waals surface area contributed by atoms with Gasteiger partial charge in [-0.2, -0.15) is 0 Å². The van der Waals surface area contributed by atoms with Crippen LogP contribution >= 0.6 is 23.2 Å². The van der Waals surface area contributed by atoms with Gasteiger partial charge in [0.15, 0.2) is 0 Å². The Balaban J connectivity index is 1.80. The number of hydrogen-bond donors (Lipinski definition) is 2. The second-order valence-electron chi connectivity index (χ2n) is 6.49. The number of carbonyl (C=O) groups is 2. The molecule has 0 saturated carbocycles. The van der Waals surface area contributed by atoms with Crippen LogP contribution in [0.1, 0.15) is 20.3 Å². The maximum atomic E-state index is 12.5. The van der Waals surface area contributed by atoms with Crippen molar-refractivity contribution in [3.8, 4) is 0 Å². The molecule has 26 heavy (non-hydrogen) atoms. The molecule has 0 radical (unpaired) electrons. The lowest BCUT2D eigenvalue weighted by molar-refractivity contribution is -0.124. The second kappa shape index (κ2) is 10.1. The normalized spacial score (nSPS) is 16.9. The lowest BCUT2D eigenvalue weighted by Crippen LogP contribution is -2.54. The first kappa shape index (κ1) is 21.0. The first-order chi connectivity index (χ1) is 12.4. The fraction of sp³-hybridized carbons (Fsp3) is 0.556. The second-order valence-corrected chi connectivity index (χ2v) is 7.36. The molecule has 2 rings (SSSR count). The molecule has 2 N–H and O–H groups in total. The van der Waals surface area contributed by atoms with E-state index in [0.29, 0.717) is 28.8 Å². The van der Waals surface area contributed by atoms with E-state index in [4.69, 9.17) is 23.2 Å². The van der Waals surface area contributed by atoms with Crippen molar-refractivity contribution >= 4 is 40.7 Å². The standard InChI is InChI=1S/C18H26Cl2N4O2/c1-3-4-21-17(25)12-23-5-7-24(8-6-23)13(2)18(26)22-16-10-14(19)9-15(20)11-16/h9-11,13H,3-8,12H2,1-2H3,(H,21,25)(H,22,26)/t13-/m1/s1. The Bertz CT molecular complexity index is 613. The molecule has 8 heteroatoms. The van der Waals surface area contributed by atoms with Gasteiger partial charge in [0.25, 0.3) is 0 Å². The largest absolute Gasteiger partial charge is 0.355 e. The Morgan fingerprint density at radius 2 is 1.73 bits per heavy atom. The van der Waals surface area contributed by atoms with Gasteiger partial charge in [0.1, 0.15) is 0 Å². The first-order valence-electron chi connectivity index (χ1n) is 8.89. The molecular formula is C18H26Cl2N4O2. The van der Waals surface area contributed by atoms with Crippen LogP contribution in [0.5, 0.6) is 0 Å². The molecule has 1 aromatic carbocycles. The zero-order valence-corrected chi connectivity index (χ0v) is 16.7. The number of rotatable bonds is 7. The molecule has 0 spiro atoms. The van der Waals surface area contributed by atoms with Gasteiger partial charge < -0.3 is 10.6 Å².